The Bertz CT molecular complexity index is 778. The monoisotopic (exact) mass is 355 g/mol. The molecule has 1 unspecified atom stereocenters. The molecule has 0 bridgehead atoms. The van der Waals surface area contributed by atoms with Gasteiger partial charge < -0.3 is 15.5 Å². The van der Waals surface area contributed by atoms with Crippen LogP contribution in [0.4, 0.5) is 0 Å². The van der Waals surface area contributed by atoms with Crippen molar-refractivity contribution in [2.45, 2.75) is 19.0 Å². The number of hydrogen-bond acceptors (Lipinski definition) is 3. The van der Waals surface area contributed by atoms with E-state index in [0.717, 1.165) is 12.0 Å². The Morgan fingerprint density at radius 1 is 0.760 bits per heavy atom. The Balaban J connectivity index is 0.00000225. The highest BCUT2D eigenvalue weighted by atomic mass is 35.5. The summed E-state index contributed by atoms with van der Waals surface area (Å²) in [6.45, 7) is 0.707. The Hall–Kier alpha value is -2.49. The number of halogens is 1. The van der Waals surface area contributed by atoms with Crippen molar-refractivity contribution in [1.29, 1.82) is 0 Å². The van der Waals surface area contributed by atoms with Crippen LogP contribution < -0.4 is 5.32 Å². The average Bonchev–Trinajstić information content (AvgIpc) is 2.61. The van der Waals surface area contributed by atoms with E-state index in [1.54, 1.807) is 12.1 Å². The average molecular weight is 356 g/mol. The molecule has 3 aromatic carbocycles. The molecule has 25 heavy (non-hydrogen) atoms. The number of rotatable bonds is 6. The fourth-order valence-corrected chi connectivity index (χ4v) is 2.81. The predicted octanol–water partition coefficient (Wildman–Crippen LogP) is 4.59. The summed E-state index contributed by atoms with van der Waals surface area (Å²) in [5.41, 5.74) is 3.16. The molecule has 3 rings (SSSR count). The third kappa shape index (κ3) is 5.24. The van der Waals surface area contributed by atoms with Crippen LogP contribution >= 0.6 is 12.4 Å². The highest BCUT2D eigenvalue weighted by Crippen LogP contribution is 2.30. The molecule has 130 valence electrons. The van der Waals surface area contributed by atoms with Gasteiger partial charge in [-0.25, -0.2) is 0 Å². The quantitative estimate of drug-likeness (QED) is 0.606. The van der Waals surface area contributed by atoms with Gasteiger partial charge in [0.15, 0.2) is 0 Å². The Morgan fingerprint density at radius 3 is 1.96 bits per heavy atom. The molecule has 0 fully saturated rings. The summed E-state index contributed by atoms with van der Waals surface area (Å²) in [6, 6.07) is 25.1. The van der Waals surface area contributed by atoms with Crippen LogP contribution in [0.5, 0.6) is 11.5 Å². The molecule has 3 aromatic rings. The van der Waals surface area contributed by atoms with Crippen LogP contribution in [0.15, 0.2) is 78.9 Å². The molecule has 0 aliphatic rings. The second kappa shape index (κ2) is 9.11. The van der Waals surface area contributed by atoms with E-state index in [1.165, 1.54) is 17.2 Å². The summed E-state index contributed by atoms with van der Waals surface area (Å²) < 4.78 is 0. The van der Waals surface area contributed by atoms with Gasteiger partial charge >= 0.3 is 0 Å². The SMILES string of the molecule is Cl.Oc1ccc(C(Cc2ccccc2)NCc2ccccc2)c(O)c1. The highest BCUT2D eigenvalue weighted by molar-refractivity contribution is 5.85. The number of phenolic OH excluding ortho intramolecular Hbond substituents is 2. The Labute approximate surface area is 154 Å². The zero-order chi connectivity index (χ0) is 16.8. The Morgan fingerprint density at radius 2 is 1.36 bits per heavy atom. The van der Waals surface area contributed by atoms with Crippen molar-refractivity contribution in [3.05, 3.63) is 95.6 Å². The maximum atomic E-state index is 10.2. The van der Waals surface area contributed by atoms with Crippen LogP contribution in [0, 0.1) is 0 Å². The second-order valence-electron chi connectivity index (χ2n) is 5.85. The molecule has 3 nitrogen and oxygen atoms in total. The summed E-state index contributed by atoms with van der Waals surface area (Å²) in [5.74, 6) is 0.175. The maximum absolute atomic E-state index is 10.2. The molecule has 0 spiro atoms. The minimum Gasteiger partial charge on any atom is -0.508 e. The van der Waals surface area contributed by atoms with Gasteiger partial charge in [0.25, 0.3) is 0 Å². The molecule has 0 aliphatic carbocycles. The molecule has 1 atom stereocenters. The zero-order valence-electron chi connectivity index (χ0n) is 13.8. The molecule has 0 saturated heterocycles. The van der Waals surface area contributed by atoms with Gasteiger partial charge in [0.05, 0.1) is 0 Å². The van der Waals surface area contributed by atoms with Crippen LogP contribution in [0.3, 0.4) is 0 Å². The fraction of sp³-hybridized carbons (Fsp3) is 0.143. The van der Waals surface area contributed by atoms with E-state index in [1.807, 2.05) is 36.4 Å². The normalized spacial score (nSPS) is 11.5. The van der Waals surface area contributed by atoms with Crippen molar-refractivity contribution in [1.82, 2.24) is 5.32 Å². The van der Waals surface area contributed by atoms with Crippen LogP contribution in [-0.2, 0) is 13.0 Å². The first-order valence-electron chi connectivity index (χ1n) is 8.05. The molecular formula is C21H22ClNO2. The molecule has 0 aromatic heterocycles. The van der Waals surface area contributed by atoms with E-state index >= 15 is 0 Å². The van der Waals surface area contributed by atoms with Crippen LogP contribution in [0.2, 0.25) is 0 Å². The fourth-order valence-electron chi connectivity index (χ4n) is 2.81. The van der Waals surface area contributed by atoms with Gasteiger partial charge in [-0.15, -0.1) is 12.4 Å². The van der Waals surface area contributed by atoms with Gasteiger partial charge in [-0.05, 0) is 23.6 Å². The van der Waals surface area contributed by atoms with E-state index < -0.39 is 0 Å². The first-order chi connectivity index (χ1) is 11.7. The summed E-state index contributed by atoms with van der Waals surface area (Å²) in [6.07, 6.45) is 0.756. The molecule has 4 heteroatoms. The molecular weight excluding hydrogens is 334 g/mol. The molecule has 0 aliphatic heterocycles. The topological polar surface area (TPSA) is 52.5 Å². The van der Waals surface area contributed by atoms with Gasteiger partial charge in [0.1, 0.15) is 11.5 Å². The van der Waals surface area contributed by atoms with Crippen molar-refractivity contribution in [2.75, 3.05) is 0 Å². The van der Waals surface area contributed by atoms with Crippen molar-refractivity contribution in [2.24, 2.45) is 0 Å². The van der Waals surface area contributed by atoms with E-state index in [2.05, 4.69) is 29.6 Å². The second-order valence-corrected chi connectivity index (χ2v) is 5.85. The summed E-state index contributed by atoms with van der Waals surface area (Å²) in [4.78, 5) is 0. The number of nitrogens with one attached hydrogen (secondary N) is 1. The third-order valence-corrected chi connectivity index (χ3v) is 4.07. The first kappa shape index (κ1) is 18.8. The Kier molecular flexibility index (Phi) is 6.87. The van der Waals surface area contributed by atoms with Crippen molar-refractivity contribution in [3.8, 4) is 11.5 Å². The summed E-state index contributed by atoms with van der Waals surface area (Å²) in [5, 5.41) is 23.3. The molecule has 0 saturated carbocycles. The van der Waals surface area contributed by atoms with Gasteiger partial charge in [-0.2, -0.15) is 0 Å². The lowest BCUT2D eigenvalue weighted by molar-refractivity contribution is 0.430. The molecule has 0 heterocycles. The van der Waals surface area contributed by atoms with Gasteiger partial charge in [0, 0.05) is 24.2 Å². The minimum absolute atomic E-state index is 0. The summed E-state index contributed by atoms with van der Waals surface area (Å²) in [7, 11) is 0. The van der Waals surface area contributed by atoms with E-state index in [0.29, 0.717) is 6.54 Å². The standard InChI is InChI=1S/C21H21NO2.ClH/c23-18-11-12-19(21(24)14-18)20(13-16-7-3-1-4-8-16)22-15-17-9-5-2-6-10-17;/h1-12,14,20,22-24H,13,15H2;1H. The van der Waals surface area contributed by atoms with Crippen LogP contribution in [0.1, 0.15) is 22.7 Å². The largest absolute Gasteiger partial charge is 0.508 e. The number of benzene rings is 3. The number of hydrogen-bond donors (Lipinski definition) is 3. The highest BCUT2D eigenvalue weighted by Gasteiger charge is 2.16. The minimum atomic E-state index is -0.0480. The van der Waals surface area contributed by atoms with Crippen molar-refractivity contribution in [3.63, 3.8) is 0 Å². The lowest BCUT2D eigenvalue weighted by Crippen LogP contribution is -2.23. The number of phenols is 2. The van der Waals surface area contributed by atoms with E-state index in [-0.39, 0.29) is 29.9 Å². The molecule has 0 radical (unpaired) electrons. The summed E-state index contributed by atoms with van der Waals surface area (Å²) >= 11 is 0. The van der Waals surface area contributed by atoms with Crippen molar-refractivity contribution >= 4 is 12.4 Å². The first-order valence-corrected chi connectivity index (χ1v) is 8.05. The lowest BCUT2D eigenvalue weighted by Gasteiger charge is -2.21. The lowest BCUT2D eigenvalue weighted by atomic mass is 9.97. The number of aromatic hydroxyl groups is 2. The van der Waals surface area contributed by atoms with Crippen LogP contribution in [-0.4, -0.2) is 10.2 Å². The molecule has 3 N–H and O–H groups in total. The van der Waals surface area contributed by atoms with Gasteiger partial charge in [-0.1, -0.05) is 66.7 Å². The van der Waals surface area contributed by atoms with E-state index in [9.17, 15) is 10.2 Å². The smallest absolute Gasteiger partial charge is 0.124 e. The van der Waals surface area contributed by atoms with Gasteiger partial charge in [-0.3, -0.25) is 0 Å². The van der Waals surface area contributed by atoms with E-state index in [4.69, 9.17) is 0 Å². The predicted molar refractivity (Wildman–Crippen MR) is 103 cm³/mol. The van der Waals surface area contributed by atoms with Gasteiger partial charge in [0.2, 0.25) is 0 Å². The maximum Gasteiger partial charge on any atom is 0.124 e. The van der Waals surface area contributed by atoms with Crippen molar-refractivity contribution < 1.29 is 10.2 Å². The van der Waals surface area contributed by atoms with Crippen LogP contribution in [0.25, 0.3) is 0 Å². The zero-order valence-corrected chi connectivity index (χ0v) is 14.6. The third-order valence-electron chi connectivity index (χ3n) is 4.07. The molecule has 0 amide bonds.